The highest BCUT2D eigenvalue weighted by Crippen LogP contribution is 2.47. The fraction of sp³-hybridized carbons (Fsp3) is 0.0476. The Morgan fingerprint density at radius 2 is 1.64 bits per heavy atom. The molecule has 0 atom stereocenters. The summed E-state index contributed by atoms with van der Waals surface area (Å²) < 4.78 is 0. The lowest BCUT2D eigenvalue weighted by Crippen LogP contribution is -2.21. The SMILES string of the molecule is c1ccc2c(c1)Sc1cccnc1N2Cc1ccc2ccccc2n1. The molecule has 0 saturated heterocycles. The summed E-state index contributed by atoms with van der Waals surface area (Å²) in [5.41, 5.74) is 3.26. The Hall–Kier alpha value is -2.85. The van der Waals surface area contributed by atoms with E-state index in [0.29, 0.717) is 6.54 Å². The van der Waals surface area contributed by atoms with Gasteiger partial charge in [0, 0.05) is 16.5 Å². The summed E-state index contributed by atoms with van der Waals surface area (Å²) in [6, 6.07) is 25.1. The van der Waals surface area contributed by atoms with Gasteiger partial charge in [0.1, 0.15) is 5.82 Å². The molecule has 0 unspecified atom stereocenters. The fourth-order valence-corrected chi connectivity index (χ4v) is 4.25. The minimum Gasteiger partial charge on any atom is -0.318 e. The van der Waals surface area contributed by atoms with Gasteiger partial charge in [0.05, 0.1) is 28.3 Å². The van der Waals surface area contributed by atoms with Crippen LogP contribution in [0, 0.1) is 0 Å². The number of hydrogen-bond acceptors (Lipinski definition) is 4. The zero-order chi connectivity index (χ0) is 16.6. The summed E-state index contributed by atoms with van der Waals surface area (Å²) in [7, 11) is 0. The summed E-state index contributed by atoms with van der Waals surface area (Å²) in [4.78, 5) is 14.2. The average Bonchev–Trinajstić information content (AvgIpc) is 2.68. The minimum atomic E-state index is 0.701. The molecule has 0 saturated carbocycles. The molecular weight excluding hydrogens is 326 g/mol. The van der Waals surface area contributed by atoms with Crippen molar-refractivity contribution < 1.29 is 0 Å². The standard InChI is InChI=1S/C21H15N3S/c1-2-7-17-15(6-1)11-12-16(23-17)14-24-18-8-3-4-9-19(18)25-20-10-5-13-22-21(20)24/h1-13H,14H2. The summed E-state index contributed by atoms with van der Waals surface area (Å²) in [5.74, 6) is 1.00. The lowest BCUT2D eigenvalue weighted by Gasteiger charge is -2.31. The number of nitrogens with zero attached hydrogens (tertiary/aromatic N) is 3. The number of rotatable bonds is 2. The Balaban J connectivity index is 1.60. The zero-order valence-corrected chi connectivity index (χ0v) is 14.3. The monoisotopic (exact) mass is 341 g/mol. The largest absolute Gasteiger partial charge is 0.318 e. The van der Waals surface area contributed by atoms with Crippen LogP contribution in [0.5, 0.6) is 0 Å². The predicted molar refractivity (Wildman–Crippen MR) is 102 cm³/mol. The maximum atomic E-state index is 4.84. The molecule has 0 radical (unpaired) electrons. The van der Waals surface area contributed by atoms with Crippen molar-refractivity contribution in [3.63, 3.8) is 0 Å². The molecule has 3 nitrogen and oxygen atoms in total. The van der Waals surface area contributed by atoms with Crippen LogP contribution in [0.3, 0.4) is 0 Å². The molecule has 0 amide bonds. The molecule has 2 aromatic carbocycles. The van der Waals surface area contributed by atoms with E-state index in [0.717, 1.165) is 17.0 Å². The first-order valence-corrected chi connectivity index (χ1v) is 9.04. The first-order valence-electron chi connectivity index (χ1n) is 8.22. The van der Waals surface area contributed by atoms with Crippen molar-refractivity contribution in [2.24, 2.45) is 0 Å². The van der Waals surface area contributed by atoms with Crippen LogP contribution in [0.15, 0.2) is 88.8 Å². The van der Waals surface area contributed by atoms with E-state index >= 15 is 0 Å². The highest BCUT2D eigenvalue weighted by molar-refractivity contribution is 7.99. The first-order chi connectivity index (χ1) is 12.4. The average molecular weight is 341 g/mol. The van der Waals surface area contributed by atoms with Gasteiger partial charge in [-0.3, -0.25) is 4.98 Å². The summed E-state index contributed by atoms with van der Waals surface area (Å²) in [5, 5.41) is 1.17. The van der Waals surface area contributed by atoms with Gasteiger partial charge in [-0.15, -0.1) is 0 Å². The molecule has 1 aliphatic heterocycles. The number of pyridine rings is 2. The first kappa shape index (κ1) is 14.5. The molecule has 0 aliphatic carbocycles. The van der Waals surface area contributed by atoms with E-state index in [1.165, 1.54) is 20.9 Å². The number of aromatic nitrogens is 2. The Labute approximate surface area is 150 Å². The van der Waals surface area contributed by atoms with Crippen LogP contribution in [0.25, 0.3) is 10.9 Å². The van der Waals surface area contributed by atoms with E-state index in [2.05, 4.69) is 64.5 Å². The van der Waals surface area contributed by atoms with Crippen LogP contribution in [0.1, 0.15) is 5.69 Å². The second kappa shape index (κ2) is 5.90. The van der Waals surface area contributed by atoms with Crippen molar-refractivity contribution in [1.82, 2.24) is 9.97 Å². The van der Waals surface area contributed by atoms with Gasteiger partial charge >= 0.3 is 0 Å². The highest BCUT2D eigenvalue weighted by Gasteiger charge is 2.24. The quantitative estimate of drug-likeness (QED) is 0.486. The van der Waals surface area contributed by atoms with Crippen molar-refractivity contribution in [3.05, 3.63) is 84.7 Å². The number of benzene rings is 2. The van der Waals surface area contributed by atoms with E-state index in [1.54, 1.807) is 11.8 Å². The van der Waals surface area contributed by atoms with Gasteiger partial charge < -0.3 is 4.90 Å². The van der Waals surface area contributed by atoms with Crippen LogP contribution in [0.2, 0.25) is 0 Å². The van der Waals surface area contributed by atoms with Gasteiger partial charge in [-0.05, 0) is 36.4 Å². The van der Waals surface area contributed by atoms with Gasteiger partial charge in [-0.1, -0.05) is 48.2 Å². The van der Waals surface area contributed by atoms with Gasteiger partial charge in [-0.2, -0.15) is 0 Å². The normalized spacial score (nSPS) is 12.7. The van der Waals surface area contributed by atoms with Crippen LogP contribution >= 0.6 is 11.8 Å². The molecule has 5 rings (SSSR count). The lowest BCUT2D eigenvalue weighted by atomic mass is 10.2. The van der Waals surface area contributed by atoms with Crippen LogP contribution < -0.4 is 4.90 Å². The van der Waals surface area contributed by atoms with Gasteiger partial charge in [0.2, 0.25) is 0 Å². The zero-order valence-electron chi connectivity index (χ0n) is 13.5. The third-order valence-electron chi connectivity index (χ3n) is 4.36. The Morgan fingerprint density at radius 1 is 0.800 bits per heavy atom. The lowest BCUT2D eigenvalue weighted by molar-refractivity contribution is 0.882. The molecular formula is C21H15N3S. The van der Waals surface area contributed by atoms with E-state index in [-0.39, 0.29) is 0 Å². The van der Waals surface area contributed by atoms with Crippen molar-refractivity contribution in [3.8, 4) is 0 Å². The fourth-order valence-electron chi connectivity index (χ4n) is 3.18. The third kappa shape index (κ3) is 2.55. The summed E-state index contributed by atoms with van der Waals surface area (Å²) in [6.07, 6.45) is 1.86. The van der Waals surface area contributed by atoms with Gasteiger partial charge in [-0.25, -0.2) is 4.98 Å². The Morgan fingerprint density at radius 3 is 2.64 bits per heavy atom. The van der Waals surface area contributed by atoms with E-state index < -0.39 is 0 Å². The third-order valence-corrected chi connectivity index (χ3v) is 5.46. The maximum absolute atomic E-state index is 4.84. The molecule has 1 aliphatic rings. The van der Waals surface area contributed by atoms with Crippen LogP contribution in [-0.2, 0) is 6.54 Å². The van der Waals surface area contributed by atoms with E-state index in [4.69, 9.17) is 4.98 Å². The molecule has 4 aromatic rings. The number of anilines is 2. The predicted octanol–water partition coefficient (Wildman–Crippen LogP) is 5.43. The number of hydrogen-bond donors (Lipinski definition) is 0. The van der Waals surface area contributed by atoms with Gasteiger partial charge in [0.15, 0.2) is 0 Å². The van der Waals surface area contributed by atoms with Crippen LogP contribution in [0.4, 0.5) is 11.5 Å². The molecule has 0 fully saturated rings. The highest BCUT2D eigenvalue weighted by atomic mass is 32.2. The number of fused-ring (bicyclic) bond motifs is 3. The second-order valence-corrected chi connectivity index (χ2v) is 7.06. The molecule has 25 heavy (non-hydrogen) atoms. The van der Waals surface area contributed by atoms with Crippen molar-refractivity contribution in [1.29, 1.82) is 0 Å². The Kier molecular flexibility index (Phi) is 3.42. The van der Waals surface area contributed by atoms with E-state index in [9.17, 15) is 0 Å². The van der Waals surface area contributed by atoms with Gasteiger partial charge in [0.25, 0.3) is 0 Å². The molecule has 4 heteroatoms. The molecule has 0 bridgehead atoms. The Bertz CT molecular complexity index is 1030. The topological polar surface area (TPSA) is 29.0 Å². The van der Waals surface area contributed by atoms with Crippen molar-refractivity contribution in [2.75, 3.05) is 4.90 Å². The molecule has 120 valence electrons. The molecule has 0 spiro atoms. The van der Waals surface area contributed by atoms with Crippen molar-refractivity contribution in [2.45, 2.75) is 16.3 Å². The smallest absolute Gasteiger partial charge is 0.147 e. The molecule has 0 N–H and O–H groups in total. The second-order valence-electron chi connectivity index (χ2n) is 5.98. The number of para-hydroxylation sites is 2. The van der Waals surface area contributed by atoms with Crippen LogP contribution in [-0.4, -0.2) is 9.97 Å². The van der Waals surface area contributed by atoms with E-state index in [1.807, 2.05) is 24.4 Å². The molecule has 3 heterocycles. The summed E-state index contributed by atoms with van der Waals surface area (Å²) >= 11 is 1.77. The van der Waals surface area contributed by atoms with Crippen molar-refractivity contribution >= 4 is 34.2 Å². The summed E-state index contributed by atoms with van der Waals surface area (Å²) in [6.45, 7) is 0.701. The molecule has 2 aromatic heterocycles. The minimum absolute atomic E-state index is 0.701. The maximum Gasteiger partial charge on any atom is 0.147 e.